The van der Waals surface area contributed by atoms with Gasteiger partial charge in [-0.25, -0.2) is 0 Å². The first-order valence-corrected chi connectivity index (χ1v) is 4.53. The Morgan fingerprint density at radius 3 is 2.83 bits per heavy atom. The summed E-state index contributed by atoms with van der Waals surface area (Å²) in [5, 5.41) is 6.91. The van der Waals surface area contributed by atoms with Gasteiger partial charge in [0.1, 0.15) is 0 Å². The van der Waals surface area contributed by atoms with E-state index in [9.17, 15) is 0 Å². The molecule has 0 aliphatic heterocycles. The Bertz CT molecular complexity index is 217. The van der Waals surface area contributed by atoms with Gasteiger partial charge in [0.05, 0.1) is 6.20 Å². The van der Waals surface area contributed by atoms with Crippen LogP contribution in [0.3, 0.4) is 0 Å². The maximum absolute atomic E-state index is 5.40. The molecule has 1 heterocycles. The van der Waals surface area contributed by atoms with Gasteiger partial charge in [0.25, 0.3) is 0 Å². The van der Waals surface area contributed by atoms with E-state index in [0.29, 0.717) is 0 Å². The summed E-state index contributed by atoms with van der Waals surface area (Å²) in [6.45, 7) is 2.87. The van der Waals surface area contributed by atoms with Crippen LogP contribution < -0.4 is 5.73 Å². The molecule has 0 fully saturated rings. The van der Waals surface area contributed by atoms with E-state index >= 15 is 0 Å². The quantitative estimate of drug-likeness (QED) is 0.651. The predicted octanol–water partition coefficient (Wildman–Crippen LogP) is 1.39. The van der Waals surface area contributed by atoms with E-state index in [4.69, 9.17) is 5.73 Å². The number of aryl methyl sites for hydroxylation is 2. The molecule has 3 heteroatoms. The van der Waals surface area contributed by atoms with Crippen LogP contribution in [0.1, 0.15) is 30.5 Å². The summed E-state index contributed by atoms with van der Waals surface area (Å²) in [5.74, 6) is 0. The van der Waals surface area contributed by atoms with Crippen molar-refractivity contribution < 1.29 is 0 Å². The van der Waals surface area contributed by atoms with Crippen molar-refractivity contribution in [1.29, 1.82) is 0 Å². The van der Waals surface area contributed by atoms with Gasteiger partial charge in [-0.05, 0) is 38.3 Å². The van der Waals surface area contributed by atoms with Gasteiger partial charge in [0, 0.05) is 5.69 Å². The first kappa shape index (κ1) is 9.26. The zero-order valence-electron chi connectivity index (χ0n) is 7.64. The SMILES string of the molecule is Cc1[nH]ncc1CCCCCN. The molecule has 1 rings (SSSR count). The fraction of sp³-hybridized carbons (Fsp3) is 0.667. The summed E-state index contributed by atoms with van der Waals surface area (Å²) >= 11 is 0. The minimum atomic E-state index is 0.810. The van der Waals surface area contributed by atoms with Gasteiger partial charge in [0.15, 0.2) is 0 Å². The predicted molar refractivity (Wildman–Crippen MR) is 49.9 cm³/mol. The maximum atomic E-state index is 5.40. The number of aromatic amines is 1. The van der Waals surface area contributed by atoms with Crippen molar-refractivity contribution >= 4 is 0 Å². The Morgan fingerprint density at radius 1 is 1.42 bits per heavy atom. The monoisotopic (exact) mass is 167 g/mol. The van der Waals surface area contributed by atoms with Crippen molar-refractivity contribution in [2.45, 2.75) is 32.6 Å². The lowest BCUT2D eigenvalue weighted by atomic mass is 10.1. The van der Waals surface area contributed by atoms with E-state index in [0.717, 1.165) is 19.4 Å². The molecule has 0 saturated carbocycles. The number of nitrogens with one attached hydrogen (secondary N) is 1. The Labute approximate surface area is 73.4 Å². The Hall–Kier alpha value is -0.830. The number of H-pyrrole nitrogens is 1. The average molecular weight is 167 g/mol. The Balaban J connectivity index is 2.20. The van der Waals surface area contributed by atoms with Crippen molar-refractivity contribution in [3.05, 3.63) is 17.5 Å². The van der Waals surface area contributed by atoms with Crippen LogP contribution >= 0.6 is 0 Å². The minimum Gasteiger partial charge on any atom is -0.330 e. The number of hydrogen-bond donors (Lipinski definition) is 2. The lowest BCUT2D eigenvalue weighted by Gasteiger charge is -1.98. The third-order valence-corrected chi connectivity index (χ3v) is 2.08. The number of nitrogens with two attached hydrogens (primary N) is 1. The number of nitrogens with zero attached hydrogens (tertiary/aromatic N) is 1. The lowest BCUT2D eigenvalue weighted by Crippen LogP contribution is -1.98. The third-order valence-electron chi connectivity index (χ3n) is 2.08. The van der Waals surface area contributed by atoms with Crippen LogP contribution in [-0.2, 0) is 6.42 Å². The molecule has 0 aromatic carbocycles. The molecule has 0 bridgehead atoms. The Morgan fingerprint density at radius 2 is 2.25 bits per heavy atom. The first-order valence-electron chi connectivity index (χ1n) is 4.53. The third kappa shape index (κ3) is 2.66. The van der Waals surface area contributed by atoms with E-state index in [-0.39, 0.29) is 0 Å². The van der Waals surface area contributed by atoms with Crippen LogP contribution in [0.4, 0.5) is 0 Å². The highest BCUT2D eigenvalue weighted by atomic mass is 15.1. The highest BCUT2D eigenvalue weighted by Gasteiger charge is 1.98. The second-order valence-corrected chi connectivity index (χ2v) is 3.12. The molecule has 12 heavy (non-hydrogen) atoms. The zero-order chi connectivity index (χ0) is 8.81. The molecular weight excluding hydrogens is 150 g/mol. The van der Waals surface area contributed by atoms with Gasteiger partial charge in [-0.1, -0.05) is 6.42 Å². The number of rotatable bonds is 5. The second kappa shape index (κ2) is 4.93. The molecule has 0 spiro atoms. The molecular formula is C9H17N3. The van der Waals surface area contributed by atoms with Crippen LogP contribution in [0.2, 0.25) is 0 Å². The molecule has 0 atom stereocenters. The number of unbranched alkanes of at least 4 members (excludes halogenated alkanes) is 2. The fourth-order valence-electron chi connectivity index (χ4n) is 1.26. The van der Waals surface area contributed by atoms with Crippen molar-refractivity contribution in [2.24, 2.45) is 5.73 Å². The van der Waals surface area contributed by atoms with E-state index < -0.39 is 0 Å². The highest BCUT2D eigenvalue weighted by Crippen LogP contribution is 2.07. The van der Waals surface area contributed by atoms with Crippen LogP contribution in [0.5, 0.6) is 0 Å². The van der Waals surface area contributed by atoms with Gasteiger partial charge in [-0.3, -0.25) is 5.10 Å². The van der Waals surface area contributed by atoms with Gasteiger partial charge in [-0.2, -0.15) is 5.10 Å². The van der Waals surface area contributed by atoms with Crippen molar-refractivity contribution in [3.63, 3.8) is 0 Å². The molecule has 1 aromatic rings. The second-order valence-electron chi connectivity index (χ2n) is 3.12. The largest absolute Gasteiger partial charge is 0.330 e. The van der Waals surface area contributed by atoms with Gasteiger partial charge in [0.2, 0.25) is 0 Å². The fourth-order valence-corrected chi connectivity index (χ4v) is 1.26. The summed E-state index contributed by atoms with van der Waals surface area (Å²) in [6, 6.07) is 0. The topological polar surface area (TPSA) is 54.7 Å². The summed E-state index contributed by atoms with van der Waals surface area (Å²) in [7, 11) is 0. The van der Waals surface area contributed by atoms with Crippen molar-refractivity contribution in [1.82, 2.24) is 10.2 Å². The molecule has 68 valence electrons. The zero-order valence-corrected chi connectivity index (χ0v) is 7.64. The molecule has 1 aromatic heterocycles. The van der Waals surface area contributed by atoms with Crippen molar-refractivity contribution in [2.75, 3.05) is 6.54 Å². The van der Waals surface area contributed by atoms with E-state index in [1.807, 2.05) is 6.20 Å². The van der Waals surface area contributed by atoms with Crippen LogP contribution in [0, 0.1) is 6.92 Å². The summed E-state index contributed by atoms with van der Waals surface area (Å²) in [5.41, 5.74) is 7.94. The van der Waals surface area contributed by atoms with Gasteiger partial charge >= 0.3 is 0 Å². The molecule has 0 aliphatic rings. The van der Waals surface area contributed by atoms with Gasteiger partial charge < -0.3 is 5.73 Å². The Kier molecular flexibility index (Phi) is 3.80. The summed E-state index contributed by atoms with van der Waals surface area (Å²) in [4.78, 5) is 0. The van der Waals surface area contributed by atoms with Gasteiger partial charge in [-0.15, -0.1) is 0 Å². The van der Waals surface area contributed by atoms with Crippen molar-refractivity contribution in [3.8, 4) is 0 Å². The van der Waals surface area contributed by atoms with E-state index in [1.54, 1.807) is 0 Å². The average Bonchev–Trinajstić information content (AvgIpc) is 2.46. The minimum absolute atomic E-state index is 0.810. The van der Waals surface area contributed by atoms with Crippen LogP contribution in [-0.4, -0.2) is 16.7 Å². The number of hydrogen-bond acceptors (Lipinski definition) is 2. The standard InChI is InChI=1S/C9H17N3/c1-8-9(7-11-12-8)5-3-2-4-6-10/h7H,2-6,10H2,1H3,(H,11,12). The normalized spacial score (nSPS) is 10.5. The number of aromatic nitrogens is 2. The smallest absolute Gasteiger partial charge is 0.0522 e. The van der Waals surface area contributed by atoms with Crippen LogP contribution in [0.15, 0.2) is 6.20 Å². The van der Waals surface area contributed by atoms with Crippen LogP contribution in [0.25, 0.3) is 0 Å². The molecule has 3 N–H and O–H groups in total. The van der Waals surface area contributed by atoms with E-state index in [2.05, 4.69) is 17.1 Å². The molecule has 3 nitrogen and oxygen atoms in total. The lowest BCUT2D eigenvalue weighted by molar-refractivity contribution is 0.685. The summed E-state index contributed by atoms with van der Waals surface area (Å²) in [6.07, 6.45) is 6.62. The van der Waals surface area contributed by atoms with E-state index in [1.165, 1.54) is 24.1 Å². The molecule has 0 radical (unpaired) electrons. The maximum Gasteiger partial charge on any atom is 0.0522 e. The highest BCUT2D eigenvalue weighted by molar-refractivity contribution is 5.13. The molecule has 0 amide bonds. The molecule has 0 saturated heterocycles. The molecule has 0 aliphatic carbocycles. The molecule has 0 unspecified atom stereocenters. The summed E-state index contributed by atoms with van der Waals surface area (Å²) < 4.78 is 0. The first-order chi connectivity index (χ1) is 5.84.